The van der Waals surface area contributed by atoms with Crippen molar-refractivity contribution in [3.05, 3.63) is 15.6 Å². The molecule has 0 fully saturated rings. The van der Waals surface area contributed by atoms with Gasteiger partial charge in [-0.15, -0.1) is 11.3 Å². The van der Waals surface area contributed by atoms with Gasteiger partial charge in [-0.2, -0.15) is 0 Å². The minimum absolute atomic E-state index is 0.396. The third kappa shape index (κ3) is 3.85. The van der Waals surface area contributed by atoms with Gasteiger partial charge in [-0.05, 0) is 33.7 Å². The summed E-state index contributed by atoms with van der Waals surface area (Å²) >= 11 is 1.76. The molecular weight excluding hydrogens is 220 g/mol. The van der Waals surface area contributed by atoms with Crippen LogP contribution < -0.4 is 5.32 Å². The maximum atomic E-state index is 5.38. The predicted molar refractivity (Wildman–Crippen MR) is 68.9 cm³/mol. The molecule has 0 radical (unpaired) electrons. The quantitative estimate of drug-likeness (QED) is 0.798. The largest absolute Gasteiger partial charge is 0.375 e. The number of aromatic nitrogens is 1. The van der Waals surface area contributed by atoms with Gasteiger partial charge in [-0.25, -0.2) is 4.98 Å². The first-order valence-corrected chi connectivity index (χ1v) is 6.78. The van der Waals surface area contributed by atoms with Crippen LogP contribution in [-0.4, -0.2) is 18.1 Å². The Hall–Kier alpha value is -0.450. The van der Waals surface area contributed by atoms with E-state index in [1.807, 2.05) is 6.92 Å². The third-order valence-corrected chi connectivity index (χ3v) is 3.71. The van der Waals surface area contributed by atoms with E-state index in [1.165, 1.54) is 4.88 Å². The van der Waals surface area contributed by atoms with Gasteiger partial charge in [0.05, 0.1) is 12.3 Å². The van der Waals surface area contributed by atoms with Gasteiger partial charge in [0, 0.05) is 17.5 Å². The van der Waals surface area contributed by atoms with Crippen LogP contribution in [0.5, 0.6) is 0 Å². The van der Waals surface area contributed by atoms with Gasteiger partial charge in [0.1, 0.15) is 5.01 Å². The normalized spacial score (nSPS) is 13.0. The standard InChI is InChI=1S/C12H22N2OS/c1-5-7-13-9(3)12-10(4)14-11(16-12)8-15-6-2/h9,13H,5-8H2,1-4H3. The molecule has 0 aliphatic rings. The number of hydrogen-bond acceptors (Lipinski definition) is 4. The summed E-state index contributed by atoms with van der Waals surface area (Å²) in [4.78, 5) is 5.87. The second kappa shape index (κ2) is 6.99. The van der Waals surface area contributed by atoms with Crippen LogP contribution in [0.3, 0.4) is 0 Å². The summed E-state index contributed by atoms with van der Waals surface area (Å²) in [7, 11) is 0. The first kappa shape index (κ1) is 13.6. The van der Waals surface area contributed by atoms with E-state index in [2.05, 4.69) is 31.1 Å². The predicted octanol–water partition coefficient (Wildman–Crippen LogP) is 3.05. The molecule has 92 valence electrons. The van der Waals surface area contributed by atoms with E-state index >= 15 is 0 Å². The fourth-order valence-electron chi connectivity index (χ4n) is 1.57. The fourth-order valence-corrected chi connectivity index (χ4v) is 2.60. The molecule has 1 aromatic rings. The number of ether oxygens (including phenoxy) is 1. The Kier molecular flexibility index (Phi) is 5.95. The molecule has 1 N–H and O–H groups in total. The zero-order valence-electron chi connectivity index (χ0n) is 10.7. The number of nitrogens with zero attached hydrogens (tertiary/aromatic N) is 1. The average Bonchev–Trinajstić information content (AvgIpc) is 2.64. The summed E-state index contributed by atoms with van der Waals surface area (Å²) in [5.41, 5.74) is 1.14. The van der Waals surface area contributed by atoms with Crippen LogP contribution in [0, 0.1) is 6.92 Å². The Balaban J connectivity index is 2.61. The Labute approximate surface area is 102 Å². The maximum absolute atomic E-state index is 5.38. The van der Waals surface area contributed by atoms with Crippen molar-refractivity contribution in [3.63, 3.8) is 0 Å². The molecular formula is C12H22N2OS. The number of rotatable bonds is 7. The molecule has 0 amide bonds. The van der Waals surface area contributed by atoms with Gasteiger partial charge in [-0.1, -0.05) is 6.92 Å². The van der Waals surface area contributed by atoms with Crippen molar-refractivity contribution in [3.8, 4) is 0 Å². The summed E-state index contributed by atoms with van der Waals surface area (Å²) in [6.45, 7) is 10.9. The number of hydrogen-bond donors (Lipinski definition) is 1. The second-order valence-electron chi connectivity index (χ2n) is 3.87. The summed E-state index contributed by atoms with van der Waals surface area (Å²) in [6, 6.07) is 0.396. The van der Waals surface area contributed by atoms with Crippen molar-refractivity contribution in [1.29, 1.82) is 0 Å². The minimum atomic E-state index is 0.396. The lowest BCUT2D eigenvalue weighted by Gasteiger charge is -2.11. The van der Waals surface area contributed by atoms with E-state index < -0.39 is 0 Å². The number of nitrogens with one attached hydrogen (secondary N) is 1. The van der Waals surface area contributed by atoms with Crippen LogP contribution in [0.1, 0.15) is 48.8 Å². The molecule has 1 rings (SSSR count). The van der Waals surface area contributed by atoms with Crippen molar-refractivity contribution in [2.45, 2.75) is 46.8 Å². The molecule has 16 heavy (non-hydrogen) atoms. The van der Waals surface area contributed by atoms with Crippen LogP contribution in [0.15, 0.2) is 0 Å². The number of thiazole rings is 1. The average molecular weight is 242 g/mol. The summed E-state index contributed by atoms with van der Waals surface area (Å²) in [5.74, 6) is 0. The van der Waals surface area contributed by atoms with E-state index in [4.69, 9.17) is 4.74 Å². The van der Waals surface area contributed by atoms with Gasteiger partial charge in [-0.3, -0.25) is 0 Å². The van der Waals surface area contributed by atoms with Gasteiger partial charge < -0.3 is 10.1 Å². The van der Waals surface area contributed by atoms with Crippen LogP contribution in [0.2, 0.25) is 0 Å². The van der Waals surface area contributed by atoms with E-state index in [1.54, 1.807) is 11.3 Å². The first-order valence-electron chi connectivity index (χ1n) is 5.96. The van der Waals surface area contributed by atoms with Crippen molar-refractivity contribution in [2.24, 2.45) is 0 Å². The van der Waals surface area contributed by atoms with Crippen LogP contribution in [0.25, 0.3) is 0 Å². The Bertz CT molecular complexity index is 312. The third-order valence-electron chi connectivity index (χ3n) is 2.40. The lowest BCUT2D eigenvalue weighted by atomic mass is 10.2. The Morgan fingerprint density at radius 3 is 2.81 bits per heavy atom. The van der Waals surface area contributed by atoms with Crippen molar-refractivity contribution in [2.75, 3.05) is 13.2 Å². The monoisotopic (exact) mass is 242 g/mol. The highest BCUT2D eigenvalue weighted by Gasteiger charge is 2.13. The molecule has 0 spiro atoms. The van der Waals surface area contributed by atoms with Crippen molar-refractivity contribution in [1.82, 2.24) is 10.3 Å². The van der Waals surface area contributed by atoms with Gasteiger partial charge in [0.25, 0.3) is 0 Å². The van der Waals surface area contributed by atoms with Crippen LogP contribution in [0.4, 0.5) is 0 Å². The second-order valence-corrected chi connectivity index (χ2v) is 4.99. The van der Waals surface area contributed by atoms with E-state index in [0.717, 1.165) is 30.3 Å². The Morgan fingerprint density at radius 1 is 1.44 bits per heavy atom. The molecule has 0 saturated carbocycles. The van der Waals surface area contributed by atoms with E-state index in [9.17, 15) is 0 Å². The highest BCUT2D eigenvalue weighted by molar-refractivity contribution is 7.11. The highest BCUT2D eigenvalue weighted by Crippen LogP contribution is 2.25. The molecule has 0 aromatic carbocycles. The summed E-state index contributed by atoms with van der Waals surface area (Å²) in [5, 5.41) is 4.57. The molecule has 1 unspecified atom stereocenters. The Morgan fingerprint density at radius 2 is 2.19 bits per heavy atom. The smallest absolute Gasteiger partial charge is 0.119 e. The molecule has 0 aliphatic heterocycles. The molecule has 1 heterocycles. The highest BCUT2D eigenvalue weighted by atomic mass is 32.1. The summed E-state index contributed by atoms with van der Waals surface area (Å²) < 4.78 is 5.38. The molecule has 1 aromatic heterocycles. The molecule has 4 heteroatoms. The molecule has 0 aliphatic carbocycles. The van der Waals surface area contributed by atoms with Crippen molar-refractivity contribution < 1.29 is 4.74 Å². The zero-order chi connectivity index (χ0) is 12.0. The lowest BCUT2D eigenvalue weighted by molar-refractivity contribution is 0.134. The van der Waals surface area contributed by atoms with Gasteiger partial charge >= 0.3 is 0 Å². The van der Waals surface area contributed by atoms with Gasteiger partial charge in [0.2, 0.25) is 0 Å². The van der Waals surface area contributed by atoms with Gasteiger partial charge in [0.15, 0.2) is 0 Å². The first-order chi connectivity index (χ1) is 7.69. The maximum Gasteiger partial charge on any atom is 0.119 e. The summed E-state index contributed by atoms with van der Waals surface area (Å²) in [6.07, 6.45) is 1.16. The molecule has 1 atom stereocenters. The fraction of sp³-hybridized carbons (Fsp3) is 0.750. The molecule has 3 nitrogen and oxygen atoms in total. The van der Waals surface area contributed by atoms with E-state index in [-0.39, 0.29) is 0 Å². The van der Waals surface area contributed by atoms with Crippen LogP contribution in [-0.2, 0) is 11.3 Å². The lowest BCUT2D eigenvalue weighted by Crippen LogP contribution is -2.18. The molecule has 0 bridgehead atoms. The molecule has 0 saturated heterocycles. The SMILES string of the molecule is CCCNC(C)c1sc(COCC)nc1C. The zero-order valence-corrected chi connectivity index (χ0v) is 11.5. The topological polar surface area (TPSA) is 34.1 Å². The minimum Gasteiger partial charge on any atom is -0.375 e. The van der Waals surface area contributed by atoms with Crippen molar-refractivity contribution >= 4 is 11.3 Å². The number of aryl methyl sites for hydroxylation is 1. The van der Waals surface area contributed by atoms with E-state index in [0.29, 0.717) is 12.6 Å². The van der Waals surface area contributed by atoms with Crippen LogP contribution >= 0.6 is 11.3 Å².